The molecule has 15 atom stereocenters. The predicted molar refractivity (Wildman–Crippen MR) is 125 cm³/mol. The molecule has 0 aromatic heterocycles. The van der Waals surface area contributed by atoms with Gasteiger partial charge in [-0.1, -0.05) is 0 Å². The van der Waals surface area contributed by atoms with Gasteiger partial charge in [0.15, 0.2) is 18.9 Å². The van der Waals surface area contributed by atoms with Gasteiger partial charge in [-0.2, -0.15) is 0 Å². The van der Waals surface area contributed by atoms with Gasteiger partial charge in [-0.05, 0) is 14.1 Å². The van der Waals surface area contributed by atoms with E-state index >= 15 is 0 Å². The third kappa shape index (κ3) is 7.42. The van der Waals surface area contributed by atoms with E-state index in [-0.39, 0.29) is 6.67 Å². The van der Waals surface area contributed by atoms with Crippen molar-refractivity contribution < 1.29 is 79.5 Å². The number of ether oxygens (including phenoxy) is 5. The van der Waals surface area contributed by atoms with Gasteiger partial charge < -0.3 is 80.1 Å². The smallest absolute Gasteiger partial charge is 0.223 e. The summed E-state index contributed by atoms with van der Waals surface area (Å²) in [6, 6.07) is 0. The highest BCUT2D eigenvalue weighted by Gasteiger charge is 2.53. The van der Waals surface area contributed by atoms with Crippen LogP contribution in [-0.4, -0.2) is 188 Å². The predicted octanol–water partition coefficient (Wildman–Crippen LogP) is -7.54. The van der Waals surface area contributed by atoms with Crippen molar-refractivity contribution in [3.8, 4) is 0 Å². The molecule has 0 spiro atoms. The second-order valence-electron chi connectivity index (χ2n) is 10.2. The maximum Gasteiger partial charge on any atom is 0.223 e. The first kappa shape index (κ1) is 33.3. The molecule has 18 nitrogen and oxygen atoms in total. The lowest BCUT2D eigenvalue weighted by Crippen LogP contribution is -2.66. The first-order chi connectivity index (χ1) is 18.8. The molecule has 1 amide bonds. The zero-order valence-electron chi connectivity index (χ0n) is 21.9. The SMILES string of the molecule is CN(C)CNC(=O)CC1O[C@@H](O[C@@H]2C(CO)O[C@@H](O[C@@H]3C(CO)OC(O)C(O)[C@H]3O)C(O)[C@H]2O)C(O)[C@@H](O)[C@@H]1O. The second kappa shape index (κ2) is 14.3. The number of amides is 1. The Morgan fingerprint density at radius 2 is 1.15 bits per heavy atom. The maximum atomic E-state index is 12.2. The maximum absolute atomic E-state index is 12.2. The summed E-state index contributed by atoms with van der Waals surface area (Å²) in [4.78, 5) is 13.9. The van der Waals surface area contributed by atoms with Gasteiger partial charge in [-0.3, -0.25) is 9.69 Å². The minimum absolute atomic E-state index is 0.181. The number of nitrogens with one attached hydrogen (secondary N) is 1. The Morgan fingerprint density at radius 1 is 0.675 bits per heavy atom. The topological polar surface area (TPSA) is 281 Å². The van der Waals surface area contributed by atoms with Crippen molar-refractivity contribution in [2.24, 2.45) is 0 Å². The van der Waals surface area contributed by atoms with Crippen LogP contribution < -0.4 is 5.32 Å². The third-order valence-corrected chi connectivity index (χ3v) is 6.89. The van der Waals surface area contributed by atoms with E-state index in [4.69, 9.17) is 23.7 Å². The van der Waals surface area contributed by atoms with Crippen LogP contribution in [0.2, 0.25) is 0 Å². The summed E-state index contributed by atoms with van der Waals surface area (Å²) in [5.41, 5.74) is 0. The van der Waals surface area contributed by atoms with Gasteiger partial charge in [-0.15, -0.1) is 0 Å². The molecule has 0 aromatic carbocycles. The van der Waals surface area contributed by atoms with Gasteiger partial charge in [0.1, 0.15) is 67.1 Å². The molecule has 40 heavy (non-hydrogen) atoms. The van der Waals surface area contributed by atoms with Crippen LogP contribution in [0.25, 0.3) is 0 Å². The van der Waals surface area contributed by atoms with Crippen molar-refractivity contribution in [3.63, 3.8) is 0 Å². The van der Waals surface area contributed by atoms with Gasteiger partial charge in [-0.25, -0.2) is 0 Å². The highest BCUT2D eigenvalue weighted by atomic mass is 16.8. The lowest BCUT2D eigenvalue weighted by molar-refractivity contribution is -0.377. The van der Waals surface area contributed by atoms with Gasteiger partial charge in [0, 0.05) is 0 Å². The number of aliphatic hydroxyl groups excluding tert-OH is 10. The molecular formula is C22H40N2O16. The van der Waals surface area contributed by atoms with E-state index in [0.717, 1.165) is 0 Å². The fourth-order valence-corrected chi connectivity index (χ4v) is 4.58. The summed E-state index contributed by atoms with van der Waals surface area (Å²) in [6.07, 6.45) is -26.0. The van der Waals surface area contributed by atoms with Crippen molar-refractivity contribution in [3.05, 3.63) is 0 Å². The third-order valence-electron chi connectivity index (χ3n) is 6.89. The van der Waals surface area contributed by atoms with Gasteiger partial charge in [0.25, 0.3) is 0 Å². The zero-order valence-corrected chi connectivity index (χ0v) is 21.9. The molecule has 3 heterocycles. The van der Waals surface area contributed by atoms with Crippen LogP contribution in [0.15, 0.2) is 0 Å². The molecule has 3 aliphatic rings. The van der Waals surface area contributed by atoms with E-state index in [0.29, 0.717) is 0 Å². The fourth-order valence-electron chi connectivity index (χ4n) is 4.58. The van der Waals surface area contributed by atoms with E-state index in [9.17, 15) is 55.9 Å². The molecule has 0 radical (unpaired) electrons. The summed E-state index contributed by atoms with van der Waals surface area (Å²) in [5, 5.41) is 104. The van der Waals surface area contributed by atoms with Crippen molar-refractivity contribution in [1.82, 2.24) is 10.2 Å². The number of hydrogen-bond acceptors (Lipinski definition) is 17. The minimum atomic E-state index is -1.94. The van der Waals surface area contributed by atoms with Gasteiger partial charge >= 0.3 is 0 Å². The monoisotopic (exact) mass is 588 g/mol. The number of rotatable bonds is 10. The van der Waals surface area contributed by atoms with Crippen molar-refractivity contribution in [1.29, 1.82) is 0 Å². The van der Waals surface area contributed by atoms with Crippen LogP contribution in [0.5, 0.6) is 0 Å². The van der Waals surface area contributed by atoms with E-state index in [1.807, 2.05) is 0 Å². The molecule has 3 aliphatic heterocycles. The Hall–Kier alpha value is -1.17. The number of carbonyl (C=O) groups excluding carboxylic acids is 1. The molecule has 3 fully saturated rings. The van der Waals surface area contributed by atoms with E-state index in [1.54, 1.807) is 19.0 Å². The van der Waals surface area contributed by atoms with Crippen molar-refractivity contribution in [2.75, 3.05) is 34.0 Å². The van der Waals surface area contributed by atoms with Crippen molar-refractivity contribution >= 4 is 5.91 Å². The summed E-state index contributed by atoms with van der Waals surface area (Å²) >= 11 is 0. The summed E-state index contributed by atoms with van der Waals surface area (Å²) < 4.78 is 27.0. The summed E-state index contributed by atoms with van der Waals surface area (Å²) in [6.45, 7) is -1.43. The van der Waals surface area contributed by atoms with Crippen LogP contribution in [-0.2, 0) is 28.5 Å². The largest absolute Gasteiger partial charge is 0.394 e. The molecule has 3 rings (SSSR count). The highest BCUT2D eigenvalue weighted by molar-refractivity contribution is 5.76. The van der Waals surface area contributed by atoms with E-state index < -0.39 is 118 Å². The molecule has 3 saturated heterocycles. The van der Waals surface area contributed by atoms with Crippen LogP contribution in [0, 0.1) is 0 Å². The lowest BCUT2D eigenvalue weighted by atomic mass is 9.95. The van der Waals surface area contributed by atoms with Crippen LogP contribution in [0.4, 0.5) is 0 Å². The number of carbonyl (C=O) groups is 1. The summed E-state index contributed by atoms with van der Waals surface area (Å²) in [7, 11) is 3.41. The average Bonchev–Trinajstić information content (AvgIpc) is 2.92. The van der Waals surface area contributed by atoms with Crippen LogP contribution in [0.3, 0.4) is 0 Å². The van der Waals surface area contributed by atoms with Crippen LogP contribution in [0.1, 0.15) is 6.42 Å². The Bertz CT molecular complexity index is 807. The summed E-state index contributed by atoms with van der Waals surface area (Å²) in [5.74, 6) is -0.544. The fraction of sp³-hybridized carbons (Fsp3) is 0.955. The molecule has 234 valence electrons. The first-order valence-electron chi connectivity index (χ1n) is 12.7. The van der Waals surface area contributed by atoms with E-state index in [2.05, 4.69) is 5.32 Å². The Labute approximate surface area is 228 Å². The first-order valence-corrected chi connectivity index (χ1v) is 12.7. The molecule has 11 N–H and O–H groups in total. The molecule has 0 aliphatic carbocycles. The minimum Gasteiger partial charge on any atom is -0.394 e. The Kier molecular flexibility index (Phi) is 11.9. The van der Waals surface area contributed by atoms with Gasteiger partial charge in [0.05, 0.1) is 32.4 Å². The Balaban J connectivity index is 1.69. The molecule has 0 aromatic rings. The molecule has 7 unspecified atom stereocenters. The molecule has 18 heteroatoms. The van der Waals surface area contributed by atoms with E-state index in [1.165, 1.54) is 0 Å². The zero-order chi connectivity index (χ0) is 29.9. The molecule has 0 bridgehead atoms. The van der Waals surface area contributed by atoms with Crippen molar-refractivity contribution in [2.45, 2.75) is 98.5 Å². The lowest BCUT2D eigenvalue weighted by Gasteiger charge is -2.47. The standard InChI is InChI=1S/C22H40N2O16/c1-24(2)6-23-10(27)3-7-11(28)12(29)16(33)21(37-7)40-19-9(5-26)38-22(17(34)14(19)31)39-18-8(4-25)36-20(35)15(32)13(18)30/h7-9,11-22,25-26,28-35H,3-6H2,1-2H3,(H,23,27)/t7?,8?,9?,11-,12+,13-,14-,15?,16?,17?,18-,19-,20?,21+,22+/m1/s1. The number of nitrogens with zero attached hydrogens (tertiary/aromatic N) is 1. The molecular weight excluding hydrogens is 548 g/mol. The normalized spacial score (nSPS) is 46.4. The number of hydrogen-bond donors (Lipinski definition) is 11. The number of aliphatic hydroxyl groups is 10. The average molecular weight is 589 g/mol. The molecule has 0 saturated carbocycles. The Morgan fingerprint density at radius 3 is 1.68 bits per heavy atom. The van der Waals surface area contributed by atoms with Crippen LogP contribution >= 0.6 is 0 Å². The second-order valence-corrected chi connectivity index (χ2v) is 10.2. The van der Waals surface area contributed by atoms with Gasteiger partial charge in [0.2, 0.25) is 5.91 Å². The quantitative estimate of drug-likeness (QED) is 0.106. The highest BCUT2D eigenvalue weighted by Crippen LogP contribution is 2.32.